The van der Waals surface area contributed by atoms with Gasteiger partial charge in [-0.3, -0.25) is 4.79 Å². The first-order valence-electron chi connectivity index (χ1n) is 4.86. The highest BCUT2D eigenvalue weighted by molar-refractivity contribution is 6.24. The summed E-state index contributed by atoms with van der Waals surface area (Å²) < 4.78 is 4.76. The van der Waals surface area contributed by atoms with Crippen molar-refractivity contribution in [3.05, 3.63) is 29.8 Å². The van der Waals surface area contributed by atoms with E-state index in [1.165, 1.54) is 19.2 Å². The molecule has 16 heavy (non-hydrogen) atoms. The second-order valence-corrected chi connectivity index (χ2v) is 3.40. The van der Waals surface area contributed by atoms with Crippen molar-refractivity contribution in [3.63, 3.8) is 0 Å². The molecule has 0 amide bonds. The van der Waals surface area contributed by atoms with Gasteiger partial charge in [0.05, 0.1) is 0 Å². The third kappa shape index (κ3) is 3.92. The van der Waals surface area contributed by atoms with Gasteiger partial charge in [0.2, 0.25) is 0 Å². The zero-order chi connectivity index (χ0) is 12.0. The number of nitrogens with one attached hydrogen (secondary N) is 1. The molecule has 0 saturated carbocycles. The van der Waals surface area contributed by atoms with Gasteiger partial charge < -0.3 is 20.1 Å². The van der Waals surface area contributed by atoms with Crippen LogP contribution in [-0.4, -0.2) is 37.0 Å². The van der Waals surface area contributed by atoms with E-state index >= 15 is 0 Å². The quantitative estimate of drug-likeness (QED) is 0.586. The number of carbonyl (C=O) groups is 1. The summed E-state index contributed by atoms with van der Waals surface area (Å²) in [6, 6.07) is 5.76. The molecule has 1 aromatic rings. The predicted molar refractivity (Wildman–Crippen MR) is 60.5 cm³/mol. The van der Waals surface area contributed by atoms with Crippen molar-refractivity contribution < 1.29 is 19.7 Å². The number of aromatic hydroxyl groups is 1. The zero-order valence-electron chi connectivity index (χ0n) is 9.01. The number of rotatable bonds is 6. The standard InChI is InChI=1S/C10H14BNO4/c1-16-11-12-9(10(14)15)6-7-2-4-8(13)5-3-7/h2-5,9,11-13H,6H2,1H3,(H,14,15). The average molecular weight is 223 g/mol. The minimum Gasteiger partial charge on any atom is -0.508 e. The molecule has 3 N–H and O–H groups in total. The normalized spacial score (nSPS) is 12.1. The molecule has 0 heterocycles. The Morgan fingerprint density at radius 2 is 2.12 bits per heavy atom. The molecule has 5 nitrogen and oxygen atoms in total. The summed E-state index contributed by atoms with van der Waals surface area (Å²) in [5.41, 5.74) is 0.841. The first-order valence-corrected chi connectivity index (χ1v) is 4.86. The lowest BCUT2D eigenvalue weighted by molar-refractivity contribution is -0.139. The minimum atomic E-state index is -0.926. The van der Waals surface area contributed by atoms with Crippen LogP contribution in [0.1, 0.15) is 5.56 Å². The predicted octanol–water partition coefficient (Wildman–Crippen LogP) is -0.110. The zero-order valence-corrected chi connectivity index (χ0v) is 9.01. The van der Waals surface area contributed by atoms with E-state index in [9.17, 15) is 4.79 Å². The molecule has 1 rings (SSSR count). The Balaban J connectivity index is 2.60. The Kier molecular flexibility index (Phi) is 4.82. The highest BCUT2D eigenvalue weighted by Crippen LogP contribution is 2.11. The fourth-order valence-electron chi connectivity index (χ4n) is 1.30. The third-order valence-electron chi connectivity index (χ3n) is 2.15. The van der Waals surface area contributed by atoms with Crippen molar-refractivity contribution in [1.29, 1.82) is 0 Å². The van der Waals surface area contributed by atoms with Crippen LogP contribution in [0, 0.1) is 0 Å². The summed E-state index contributed by atoms with van der Waals surface area (Å²) >= 11 is 0. The highest BCUT2D eigenvalue weighted by Gasteiger charge is 2.17. The van der Waals surface area contributed by atoms with Crippen LogP contribution in [0.4, 0.5) is 0 Å². The van der Waals surface area contributed by atoms with Crippen LogP contribution in [0.3, 0.4) is 0 Å². The molecular weight excluding hydrogens is 209 g/mol. The van der Waals surface area contributed by atoms with Crippen molar-refractivity contribution in [2.24, 2.45) is 0 Å². The van der Waals surface area contributed by atoms with E-state index < -0.39 is 12.0 Å². The monoisotopic (exact) mass is 223 g/mol. The van der Waals surface area contributed by atoms with Crippen LogP contribution < -0.4 is 5.23 Å². The lowest BCUT2D eigenvalue weighted by atomic mass is 10.0. The number of phenols is 1. The average Bonchev–Trinajstić information content (AvgIpc) is 2.26. The van der Waals surface area contributed by atoms with Crippen molar-refractivity contribution in [2.45, 2.75) is 12.5 Å². The summed E-state index contributed by atoms with van der Waals surface area (Å²) in [7, 11) is 1.68. The van der Waals surface area contributed by atoms with Gasteiger partial charge in [0.1, 0.15) is 11.8 Å². The summed E-state index contributed by atoms with van der Waals surface area (Å²) in [4.78, 5) is 10.9. The smallest absolute Gasteiger partial charge is 0.361 e. The first kappa shape index (κ1) is 12.5. The molecule has 0 aliphatic heterocycles. The number of carboxylic acids is 1. The van der Waals surface area contributed by atoms with Gasteiger partial charge >= 0.3 is 13.6 Å². The number of benzene rings is 1. The van der Waals surface area contributed by atoms with Crippen LogP contribution in [0.25, 0.3) is 0 Å². The van der Waals surface area contributed by atoms with Gasteiger partial charge in [-0.15, -0.1) is 0 Å². The van der Waals surface area contributed by atoms with E-state index in [1.54, 1.807) is 12.1 Å². The Bertz CT molecular complexity index is 341. The Hall–Kier alpha value is -1.53. The molecule has 6 heteroatoms. The maximum atomic E-state index is 10.9. The lowest BCUT2D eigenvalue weighted by Gasteiger charge is -2.13. The van der Waals surface area contributed by atoms with Crippen molar-refractivity contribution in [2.75, 3.05) is 7.11 Å². The second-order valence-electron chi connectivity index (χ2n) is 3.40. The number of carboxylic acid groups (broad SMARTS) is 1. The topological polar surface area (TPSA) is 78.8 Å². The lowest BCUT2D eigenvalue weighted by Crippen LogP contribution is -2.41. The number of aliphatic carboxylic acids is 1. The molecule has 1 unspecified atom stereocenters. The minimum absolute atomic E-state index is 0.167. The maximum Gasteiger partial charge on any atom is 0.361 e. The SMILES string of the molecule is COBNC(Cc1ccc(O)cc1)C(=O)O. The van der Waals surface area contributed by atoms with E-state index in [4.69, 9.17) is 14.9 Å². The van der Waals surface area contributed by atoms with Gasteiger partial charge in [-0.05, 0) is 24.1 Å². The Morgan fingerprint density at radius 1 is 1.50 bits per heavy atom. The molecule has 0 saturated heterocycles. The molecule has 1 aromatic carbocycles. The number of phenolic OH excluding ortho intramolecular Hbond substituents is 1. The van der Waals surface area contributed by atoms with Gasteiger partial charge in [0, 0.05) is 7.11 Å². The summed E-state index contributed by atoms with van der Waals surface area (Å²) in [6.07, 6.45) is 0.346. The maximum absolute atomic E-state index is 10.9. The van der Waals surface area contributed by atoms with Crippen molar-refractivity contribution >= 4 is 13.6 Å². The van der Waals surface area contributed by atoms with E-state index in [1.807, 2.05) is 0 Å². The Morgan fingerprint density at radius 3 is 2.62 bits per heavy atom. The van der Waals surface area contributed by atoms with Gasteiger partial charge in [-0.1, -0.05) is 12.1 Å². The van der Waals surface area contributed by atoms with E-state index in [2.05, 4.69) is 5.23 Å². The van der Waals surface area contributed by atoms with Crippen LogP contribution in [0.15, 0.2) is 24.3 Å². The van der Waals surface area contributed by atoms with E-state index in [0.717, 1.165) is 5.56 Å². The fourth-order valence-corrected chi connectivity index (χ4v) is 1.30. The molecule has 0 radical (unpaired) electrons. The third-order valence-corrected chi connectivity index (χ3v) is 2.15. The van der Waals surface area contributed by atoms with E-state index in [-0.39, 0.29) is 13.4 Å². The first-order chi connectivity index (χ1) is 7.63. The molecule has 0 aliphatic carbocycles. The molecule has 0 bridgehead atoms. The molecule has 86 valence electrons. The molecular formula is C10H14BNO4. The van der Waals surface area contributed by atoms with Gasteiger partial charge in [0.15, 0.2) is 0 Å². The van der Waals surface area contributed by atoms with Gasteiger partial charge in [-0.25, -0.2) is 0 Å². The Labute approximate surface area is 94.3 Å². The molecule has 0 spiro atoms. The van der Waals surface area contributed by atoms with Crippen molar-refractivity contribution in [3.8, 4) is 5.75 Å². The number of hydrogen-bond acceptors (Lipinski definition) is 4. The van der Waals surface area contributed by atoms with Crippen molar-refractivity contribution in [1.82, 2.24) is 5.23 Å². The second kappa shape index (κ2) is 6.14. The van der Waals surface area contributed by atoms with Gasteiger partial charge in [-0.2, -0.15) is 0 Å². The molecule has 0 aliphatic rings. The summed E-state index contributed by atoms with van der Waals surface area (Å²) in [5.74, 6) is -0.759. The summed E-state index contributed by atoms with van der Waals surface area (Å²) in [5, 5.41) is 20.8. The van der Waals surface area contributed by atoms with Crippen LogP contribution in [-0.2, 0) is 15.9 Å². The molecule has 0 aromatic heterocycles. The van der Waals surface area contributed by atoms with E-state index in [0.29, 0.717) is 6.42 Å². The van der Waals surface area contributed by atoms with Crippen LogP contribution >= 0.6 is 0 Å². The highest BCUT2D eigenvalue weighted by atomic mass is 16.4. The summed E-state index contributed by atoms with van der Waals surface area (Å²) in [6.45, 7) is 0. The largest absolute Gasteiger partial charge is 0.508 e. The van der Waals surface area contributed by atoms with Gasteiger partial charge in [0.25, 0.3) is 0 Å². The fraction of sp³-hybridized carbons (Fsp3) is 0.300. The van der Waals surface area contributed by atoms with Crippen LogP contribution in [0.2, 0.25) is 0 Å². The molecule has 0 fully saturated rings. The number of hydrogen-bond donors (Lipinski definition) is 3. The van der Waals surface area contributed by atoms with Crippen LogP contribution in [0.5, 0.6) is 5.75 Å². The molecule has 1 atom stereocenters.